The quantitative estimate of drug-likeness (QED) is 0.282. The molecule has 1 unspecified atom stereocenters. The van der Waals surface area contributed by atoms with E-state index in [4.69, 9.17) is 19.0 Å². The lowest BCUT2D eigenvalue weighted by atomic mass is 10.0. The summed E-state index contributed by atoms with van der Waals surface area (Å²) in [6.07, 6.45) is 2.85. The summed E-state index contributed by atoms with van der Waals surface area (Å²) in [5.74, 6) is 0.261. The minimum atomic E-state index is -1.37. The molecular weight excluding hydrogens is 529 g/mol. The fraction of sp³-hybridized carbons (Fsp3) is 0.586. The lowest BCUT2D eigenvalue weighted by molar-refractivity contribution is -0.0219. The van der Waals surface area contributed by atoms with Crippen molar-refractivity contribution in [2.45, 2.75) is 91.3 Å². The van der Waals surface area contributed by atoms with Crippen LogP contribution in [0, 0.1) is 30.1 Å². The summed E-state index contributed by atoms with van der Waals surface area (Å²) in [6, 6.07) is 11.4. The number of carbonyl (C=O) groups excluding carboxylic acids is 1. The molecule has 1 aromatic carbocycles. The number of aromatic nitrogens is 2. The first-order chi connectivity index (χ1) is 19.1. The molecule has 2 fully saturated rings. The van der Waals surface area contributed by atoms with E-state index in [0.717, 1.165) is 6.42 Å². The fourth-order valence-corrected chi connectivity index (χ4v) is 7.46. The number of nitriles is 1. The lowest BCUT2D eigenvalue weighted by Gasteiger charge is -2.37. The molecule has 0 spiro atoms. The van der Waals surface area contributed by atoms with E-state index in [1.54, 1.807) is 30.5 Å². The third kappa shape index (κ3) is 6.79. The number of benzene rings is 1. The zero-order valence-corrected chi connectivity index (χ0v) is 25.0. The van der Waals surface area contributed by atoms with E-state index in [2.05, 4.69) is 55.7 Å². The monoisotopic (exact) mass is 569 g/mol. The summed E-state index contributed by atoms with van der Waals surface area (Å²) >= 11 is 0. The van der Waals surface area contributed by atoms with E-state index in [1.807, 2.05) is 13.0 Å². The molecule has 2 aliphatic rings. The number of hydrogen-bond donors (Lipinski definition) is 1. The molecular formula is C29H40N5O5P. The van der Waals surface area contributed by atoms with Gasteiger partial charge in [-0.3, -0.25) is 9.36 Å². The predicted molar refractivity (Wildman–Crippen MR) is 154 cm³/mol. The first kappa shape index (κ1) is 30.3. The Bertz CT molecular complexity index is 1260. The molecule has 0 bridgehead atoms. The van der Waals surface area contributed by atoms with Crippen LogP contribution in [0.15, 0.2) is 41.3 Å². The van der Waals surface area contributed by atoms with Gasteiger partial charge in [0.05, 0.1) is 31.3 Å². The van der Waals surface area contributed by atoms with Gasteiger partial charge >= 0.3 is 5.69 Å². The highest BCUT2D eigenvalue weighted by Crippen LogP contribution is 2.54. The molecule has 1 saturated heterocycles. The number of anilines is 1. The van der Waals surface area contributed by atoms with Crippen molar-refractivity contribution >= 4 is 20.3 Å². The number of fused-ring (bicyclic) bond motifs is 1. The lowest BCUT2D eigenvalue weighted by Crippen LogP contribution is -2.35. The maximum atomic E-state index is 13.1. The van der Waals surface area contributed by atoms with Crippen molar-refractivity contribution in [1.29, 1.82) is 5.26 Å². The Balaban J connectivity index is 1.49. The van der Waals surface area contributed by atoms with Crippen LogP contribution < -0.4 is 11.0 Å². The van der Waals surface area contributed by atoms with Crippen LogP contribution in [0.2, 0.25) is 0 Å². The van der Waals surface area contributed by atoms with Crippen LogP contribution in [0.4, 0.5) is 5.82 Å². The van der Waals surface area contributed by atoms with Gasteiger partial charge in [-0.2, -0.15) is 10.2 Å². The van der Waals surface area contributed by atoms with Gasteiger partial charge in [-0.25, -0.2) is 9.46 Å². The number of aryl methyl sites for hydroxylation is 1. The maximum Gasteiger partial charge on any atom is 0.351 e. The molecule has 6 atom stereocenters. The second-order valence-corrected chi connectivity index (χ2v) is 12.5. The highest BCUT2D eigenvalue weighted by Gasteiger charge is 2.51. The van der Waals surface area contributed by atoms with E-state index >= 15 is 0 Å². The average molecular weight is 570 g/mol. The molecule has 216 valence electrons. The second-order valence-electron chi connectivity index (χ2n) is 11.1. The average Bonchev–Trinajstić information content (AvgIpc) is 3.46. The van der Waals surface area contributed by atoms with E-state index in [-0.39, 0.29) is 47.9 Å². The first-order valence-corrected chi connectivity index (χ1v) is 15.1. The van der Waals surface area contributed by atoms with Crippen molar-refractivity contribution in [3.8, 4) is 6.07 Å². The zero-order chi connectivity index (χ0) is 29.0. The Morgan fingerprint density at radius 1 is 1.25 bits per heavy atom. The molecule has 2 heterocycles. The second kappa shape index (κ2) is 13.3. The number of hydrogen-bond acceptors (Lipinski definition) is 8. The molecule has 1 amide bonds. The minimum absolute atomic E-state index is 0.0535. The summed E-state index contributed by atoms with van der Waals surface area (Å²) in [4.78, 5) is 29.9. The van der Waals surface area contributed by atoms with Crippen molar-refractivity contribution < 1.29 is 18.6 Å². The number of nitrogens with one attached hydrogen (secondary N) is 1. The summed E-state index contributed by atoms with van der Waals surface area (Å²) in [6.45, 7) is 12.8. The van der Waals surface area contributed by atoms with Gasteiger partial charge in [0.1, 0.15) is 12.0 Å². The Morgan fingerprint density at radius 2 is 1.95 bits per heavy atom. The van der Waals surface area contributed by atoms with E-state index < -0.39 is 20.4 Å². The number of amides is 1. The molecule has 1 aliphatic carbocycles. The number of ether oxygens (including phenoxy) is 1. The highest BCUT2D eigenvalue weighted by atomic mass is 31.2. The van der Waals surface area contributed by atoms with Crippen LogP contribution >= 0.6 is 8.53 Å². The predicted octanol–water partition coefficient (Wildman–Crippen LogP) is 5.41. The standard InChI is InChI=1S/C29H40N5O5P/c1-18(2)34(19(3)4)40(37-14-10-13-30)39-24-15-20(5)26-23(24)16-25(38-26)33-17-21(6)27(32-29(33)36)31-28(35)22-11-8-7-9-12-22/h7-9,11-12,17-20,23-26H,10,14-16H2,1-6H3,(H,31,32,35,36)/t20-,23+,24-,25-,26-,40?/m1/s1. The molecule has 4 rings (SSSR count). The van der Waals surface area contributed by atoms with E-state index in [9.17, 15) is 9.59 Å². The van der Waals surface area contributed by atoms with Crippen LogP contribution in [-0.2, 0) is 13.8 Å². The zero-order valence-electron chi connectivity index (χ0n) is 24.1. The third-order valence-corrected chi connectivity index (χ3v) is 9.61. The Kier molecular flexibility index (Phi) is 10.1. The van der Waals surface area contributed by atoms with Crippen molar-refractivity contribution in [2.75, 3.05) is 11.9 Å². The molecule has 1 aliphatic heterocycles. The molecule has 0 radical (unpaired) electrons. The number of nitrogens with zero attached hydrogens (tertiary/aromatic N) is 4. The van der Waals surface area contributed by atoms with E-state index in [1.165, 1.54) is 4.57 Å². The van der Waals surface area contributed by atoms with Crippen LogP contribution in [0.3, 0.4) is 0 Å². The number of rotatable bonds is 11. The van der Waals surface area contributed by atoms with Crippen LogP contribution in [0.1, 0.15) is 76.0 Å². The van der Waals surface area contributed by atoms with Gasteiger partial charge in [0.15, 0.2) is 0 Å². The van der Waals surface area contributed by atoms with E-state index in [0.29, 0.717) is 30.6 Å². The van der Waals surface area contributed by atoms with Gasteiger partial charge < -0.3 is 19.1 Å². The molecule has 11 heteroatoms. The normalized spacial score (nSPS) is 24.9. The number of carbonyl (C=O) groups is 1. The van der Waals surface area contributed by atoms with Crippen LogP contribution in [-0.4, -0.2) is 51.0 Å². The molecule has 1 saturated carbocycles. The molecule has 40 heavy (non-hydrogen) atoms. The minimum Gasteiger partial charge on any atom is -0.354 e. The first-order valence-electron chi connectivity index (χ1n) is 14.0. The SMILES string of the molecule is Cc1cn([C@H]2C[C@@H]3[C@H](O2)[C@H](C)C[C@H]3OP(OCCC#N)N(C(C)C)C(C)C)c(=O)nc1NC(=O)c1ccccc1. The maximum absolute atomic E-state index is 13.1. The Morgan fingerprint density at radius 3 is 2.60 bits per heavy atom. The summed E-state index contributed by atoms with van der Waals surface area (Å²) in [5, 5.41) is 11.8. The summed E-state index contributed by atoms with van der Waals surface area (Å²) < 4.78 is 23.0. The molecule has 2 aromatic rings. The van der Waals surface area contributed by atoms with Crippen molar-refractivity contribution in [3.63, 3.8) is 0 Å². The molecule has 1 N–H and O–H groups in total. The van der Waals surface area contributed by atoms with Gasteiger partial charge in [0.2, 0.25) is 0 Å². The van der Waals surface area contributed by atoms with Crippen molar-refractivity contribution in [2.24, 2.45) is 11.8 Å². The molecule has 1 aromatic heterocycles. The Labute approximate surface area is 237 Å². The summed E-state index contributed by atoms with van der Waals surface area (Å²) in [5.41, 5.74) is 0.686. The Hall–Kier alpha value is -2.67. The van der Waals surface area contributed by atoms with Gasteiger partial charge in [0, 0.05) is 41.7 Å². The van der Waals surface area contributed by atoms with Crippen molar-refractivity contribution in [1.82, 2.24) is 14.2 Å². The smallest absolute Gasteiger partial charge is 0.351 e. The summed E-state index contributed by atoms with van der Waals surface area (Å²) in [7, 11) is -1.37. The van der Waals surface area contributed by atoms with Crippen LogP contribution in [0.25, 0.3) is 0 Å². The van der Waals surface area contributed by atoms with Gasteiger partial charge in [0.25, 0.3) is 14.4 Å². The van der Waals surface area contributed by atoms with Crippen molar-refractivity contribution in [3.05, 3.63) is 58.1 Å². The largest absolute Gasteiger partial charge is 0.354 e. The highest BCUT2D eigenvalue weighted by molar-refractivity contribution is 7.44. The molecule has 10 nitrogen and oxygen atoms in total. The van der Waals surface area contributed by atoms with Crippen LogP contribution in [0.5, 0.6) is 0 Å². The van der Waals surface area contributed by atoms with Gasteiger partial charge in [-0.1, -0.05) is 25.1 Å². The van der Waals surface area contributed by atoms with Gasteiger partial charge in [-0.15, -0.1) is 0 Å². The topological polar surface area (TPSA) is 119 Å². The third-order valence-electron chi connectivity index (χ3n) is 7.45. The van der Waals surface area contributed by atoms with Gasteiger partial charge in [-0.05, 0) is 59.1 Å². The fourth-order valence-electron chi connectivity index (χ4n) is 5.68.